The van der Waals surface area contributed by atoms with Gasteiger partial charge in [-0.1, -0.05) is 18.5 Å². The molecule has 114 valence electrons. The van der Waals surface area contributed by atoms with E-state index < -0.39 is 0 Å². The molecule has 2 unspecified atom stereocenters. The van der Waals surface area contributed by atoms with Gasteiger partial charge in [-0.25, -0.2) is 4.98 Å². The Balaban J connectivity index is 1.49. The van der Waals surface area contributed by atoms with Gasteiger partial charge in [0.25, 0.3) is 0 Å². The van der Waals surface area contributed by atoms with Crippen LogP contribution in [0.4, 0.5) is 5.13 Å². The van der Waals surface area contributed by atoms with Gasteiger partial charge in [0.1, 0.15) is 0 Å². The van der Waals surface area contributed by atoms with Crippen molar-refractivity contribution in [3.8, 4) is 0 Å². The average Bonchev–Trinajstić information content (AvgIpc) is 3.19. The second kappa shape index (κ2) is 6.56. The van der Waals surface area contributed by atoms with E-state index in [1.165, 1.54) is 37.0 Å². The van der Waals surface area contributed by atoms with Gasteiger partial charge in [0.15, 0.2) is 11.0 Å². The summed E-state index contributed by atoms with van der Waals surface area (Å²) in [6.07, 6.45) is 7.67. The lowest BCUT2D eigenvalue weighted by Gasteiger charge is -2.04. The maximum atomic E-state index is 5.62. The lowest BCUT2D eigenvalue weighted by Crippen LogP contribution is -1.98. The molecule has 5 nitrogen and oxygen atoms in total. The molecular formula is C15H22N4OS. The summed E-state index contributed by atoms with van der Waals surface area (Å²) in [5.74, 6) is 3.02. The van der Waals surface area contributed by atoms with Crippen LogP contribution in [0.1, 0.15) is 62.4 Å². The highest BCUT2D eigenvalue weighted by atomic mass is 32.1. The number of nitrogen functional groups attached to an aromatic ring is 1. The normalized spacial score (nSPS) is 22.0. The second-order valence-corrected chi connectivity index (χ2v) is 6.75. The van der Waals surface area contributed by atoms with Gasteiger partial charge in [-0.15, -0.1) is 11.3 Å². The first-order valence-electron chi connectivity index (χ1n) is 7.77. The first-order chi connectivity index (χ1) is 10.2. The highest BCUT2D eigenvalue weighted by Crippen LogP contribution is 2.38. The molecule has 1 saturated carbocycles. The summed E-state index contributed by atoms with van der Waals surface area (Å²) in [4.78, 5) is 8.83. The fraction of sp³-hybridized carbons (Fsp3) is 0.667. The first kappa shape index (κ1) is 14.5. The Morgan fingerprint density at radius 2 is 2.24 bits per heavy atom. The van der Waals surface area contributed by atoms with Gasteiger partial charge in [-0.05, 0) is 38.0 Å². The first-order valence-corrected chi connectivity index (χ1v) is 8.65. The van der Waals surface area contributed by atoms with Crippen LogP contribution in [0.3, 0.4) is 0 Å². The van der Waals surface area contributed by atoms with Crippen molar-refractivity contribution >= 4 is 16.5 Å². The number of nitrogens with two attached hydrogens (primary N) is 1. The van der Waals surface area contributed by atoms with Crippen LogP contribution in [0.2, 0.25) is 0 Å². The molecule has 2 atom stereocenters. The van der Waals surface area contributed by atoms with Crippen molar-refractivity contribution in [2.45, 2.75) is 57.8 Å². The van der Waals surface area contributed by atoms with Gasteiger partial charge in [0, 0.05) is 17.7 Å². The second-order valence-electron chi connectivity index (χ2n) is 5.86. The molecule has 1 aliphatic carbocycles. The number of thiazole rings is 1. The summed E-state index contributed by atoms with van der Waals surface area (Å²) in [6, 6.07) is 0. The highest BCUT2D eigenvalue weighted by Gasteiger charge is 2.28. The van der Waals surface area contributed by atoms with Crippen LogP contribution in [0.25, 0.3) is 0 Å². The molecule has 1 fully saturated rings. The Kier molecular flexibility index (Phi) is 4.53. The Labute approximate surface area is 129 Å². The van der Waals surface area contributed by atoms with Gasteiger partial charge in [0.05, 0.1) is 5.69 Å². The van der Waals surface area contributed by atoms with Gasteiger partial charge in [-0.2, -0.15) is 4.98 Å². The van der Waals surface area contributed by atoms with Gasteiger partial charge in [-0.3, -0.25) is 0 Å². The van der Waals surface area contributed by atoms with Crippen LogP contribution < -0.4 is 5.73 Å². The van der Waals surface area contributed by atoms with E-state index in [-0.39, 0.29) is 0 Å². The lowest BCUT2D eigenvalue weighted by atomic mass is 10.0. The quantitative estimate of drug-likeness (QED) is 0.882. The van der Waals surface area contributed by atoms with Crippen LogP contribution in [0.15, 0.2) is 9.90 Å². The minimum absolute atomic E-state index is 0.505. The zero-order valence-corrected chi connectivity index (χ0v) is 13.2. The van der Waals surface area contributed by atoms with Gasteiger partial charge >= 0.3 is 0 Å². The van der Waals surface area contributed by atoms with E-state index in [1.54, 1.807) is 0 Å². The summed E-state index contributed by atoms with van der Waals surface area (Å²) >= 11 is 1.49. The molecule has 0 bridgehead atoms. The fourth-order valence-corrected chi connectivity index (χ4v) is 3.67. The third kappa shape index (κ3) is 3.61. The minimum atomic E-state index is 0.505. The summed E-state index contributed by atoms with van der Waals surface area (Å²) in [6.45, 7) is 2.26. The van der Waals surface area contributed by atoms with Crippen LogP contribution in [0, 0.1) is 5.92 Å². The van der Waals surface area contributed by atoms with E-state index in [9.17, 15) is 0 Å². The van der Waals surface area contributed by atoms with Crippen molar-refractivity contribution in [2.75, 3.05) is 5.73 Å². The zero-order valence-electron chi connectivity index (χ0n) is 12.4. The largest absolute Gasteiger partial charge is 0.375 e. The van der Waals surface area contributed by atoms with E-state index >= 15 is 0 Å². The number of hydrogen-bond acceptors (Lipinski definition) is 6. The minimum Gasteiger partial charge on any atom is -0.375 e. The number of anilines is 1. The van der Waals surface area contributed by atoms with Crippen LogP contribution in [0.5, 0.6) is 0 Å². The fourth-order valence-electron chi connectivity index (χ4n) is 3.07. The number of aromatic nitrogens is 3. The molecule has 1 aliphatic rings. The van der Waals surface area contributed by atoms with Crippen LogP contribution >= 0.6 is 11.3 Å². The van der Waals surface area contributed by atoms with E-state index in [4.69, 9.17) is 10.3 Å². The Bertz CT molecular complexity index is 580. The zero-order chi connectivity index (χ0) is 14.7. The van der Waals surface area contributed by atoms with E-state index in [1.807, 2.05) is 5.38 Å². The number of rotatable bonds is 6. The van der Waals surface area contributed by atoms with Crippen molar-refractivity contribution in [2.24, 2.45) is 5.92 Å². The van der Waals surface area contributed by atoms with E-state index in [0.29, 0.717) is 11.0 Å². The lowest BCUT2D eigenvalue weighted by molar-refractivity contribution is 0.366. The molecule has 6 heteroatoms. The predicted octanol–water partition coefficient (Wildman–Crippen LogP) is 3.58. The molecule has 21 heavy (non-hydrogen) atoms. The molecule has 0 aliphatic heterocycles. The third-order valence-corrected chi connectivity index (χ3v) is 5.08. The highest BCUT2D eigenvalue weighted by molar-refractivity contribution is 7.13. The maximum Gasteiger partial charge on any atom is 0.226 e. The average molecular weight is 306 g/mol. The molecule has 0 amide bonds. The standard InChI is InChI=1S/C15H22N4OS/c1-2-10-6-7-11(8-10)14-18-13(20-19-14)5-3-4-12-9-21-15(16)17-12/h9-11H,2-8H2,1H3,(H2,16,17). The monoisotopic (exact) mass is 306 g/mol. The van der Waals surface area contributed by atoms with Crippen molar-refractivity contribution in [3.63, 3.8) is 0 Å². The summed E-state index contributed by atoms with van der Waals surface area (Å²) in [5.41, 5.74) is 6.68. The van der Waals surface area contributed by atoms with E-state index in [0.717, 1.165) is 42.6 Å². The molecule has 0 spiro atoms. The van der Waals surface area contributed by atoms with E-state index in [2.05, 4.69) is 22.0 Å². The smallest absolute Gasteiger partial charge is 0.226 e. The number of aryl methyl sites for hydroxylation is 2. The predicted molar refractivity (Wildman–Crippen MR) is 83.2 cm³/mol. The molecule has 2 N–H and O–H groups in total. The molecule has 0 saturated heterocycles. The molecule has 2 aromatic heterocycles. The van der Waals surface area contributed by atoms with Crippen LogP contribution in [-0.2, 0) is 12.8 Å². The van der Waals surface area contributed by atoms with Crippen molar-refractivity contribution in [1.29, 1.82) is 0 Å². The maximum absolute atomic E-state index is 5.62. The molecule has 0 radical (unpaired) electrons. The van der Waals surface area contributed by atoms with Crippen molar-refractivity contribution in [3.05, 3.63) is 22.8 Å². The van der Waals surface area contributed by atoms with Gasteiger partial charge in [0.2, 0.25) is 5.89 Å². The van der Waals surface area contributed by atoms with Crippen molar-refractivity contribution in [1.82, 2.24) is 15.1 Å². The molecule has 2 heterocycles. The molecule has 0 aromatic carbocycles. The Morgan fingerprint density at radius 1 is 1.33 bits per heavy atom. The summed E-state index contributed by atoms with van der Waals surface area (Å²) < 4.78 is 5.39. The molecular weight excluding hydrogens is 284 g/mol. The Hall–Kier alpha value is -1.43. The number of hydrogen-bond donors (Lipinski definition) is 1. The number of nitrogens with zero attached hydrogens (tertiary/aromatic N) is 3. The summed E-state index contributed by atoms with van der Waals surface area (Å²) in [7, 11) is 0. The summed E-state index contributed by atoms with van der Waals surface area (Å²) in [5, 5.41) is 6.82. The Morgan fingerprint density at radius 3 is 2.95 bits per heavy atom. The topological polar surface area (TPSA) is 77.8 Å². The van der Waals surface area contributed by atoms with Crippen molar-refractivity contribution < 1.29 is 4.52 Å². The van der Waals surface area contributed by atoms with Crippen LogP contribution in [-0.4, -0.2) is 15.1 Å². The molecule has 3 rings (SSSR count). The third-order valence-electron chi connectivity index (χ3n) is 4.36. The molecule has 2 aromatic rings. The SMILES string of the molecule is CCC1CCC(c2noc(CCCc3csc(N)n3)n2)C1. The van der Waals surface area contributed by atoms with Gasteiger partial charge < -0.3 is 10.3 Å².